The van der Waals surface area contributed by atoms with Crippen molar-refractivity contribution in [2.24, 2.45) is 0 Å². The molecule has 0 aromatic heterocycles. The van der Waals surface area contributed by atoms with Crippen molar-refractivity contribution < 1.29 is 9.53 Å². The molecule has 0 aliphatic carbocycles. The van der Waals surface area contributed by atoms with Gasteiger partial charge in [-0.15, -0.1) is 0 Å². The maximum absolute atomic E-state index is 12.3. The van der Waals surface area contributed by atoms with Gasteiger partial charge in [-0.25, -0.2) is 0 Å². The number of nitrogens with zero attached hydrogens (tertiary/aromatic N) is 2. The van der Waals surface area contributed by atoms with E-state index >= 15 is 0 Å². The third kappa shape index (κ3) is 5.38. The minimum Gasteiger partial charge on any atom is -0.497 e. The predicted octanol–water partition coefficient (Wildman–Crippen LogP) is 3.29. The number of hydrogen-bond donors (Lipinski definition) is 1. The van der Waals surface area contributed by atoms with Gasteiger partial charge in [0, 0.05) is 25.0 Å². The van der Waals surface area contributed by atoms with E-state index in [0.29, 0.717) is 19.5 Å². The smallest absolute Gasteiger partial charge is 0.263 e. The summed E-state index contributed by atoms with van der Waals surface area (Å²) >= 11 is 0. The number of carbonyl (C=O) groups is 1. The van der Waals surface area contributed by atoms with Crippen molar-refractivity contribution in [2.45, 2.75) is 13.3 Å². The average Bonchev–Trinajstić information content (AvgIpc) is 2.70. The van der Waals surface area contributed by atoms with E-state index in [1.165, 1.54) is 0 Å². The molecule has 0 aliphatic heterocycles. The highest BCUT2D eigenvalue weighted by molar-refractivity contribution is 5.97. The first kappa shape index (κ1) is 19.1. The van der Waals surface area contributed by atoms with E-state index in [-0.39, 0.29) is 11.5 Å². The van der Waals surface area contributed by atoms with Crippen LogP contribution in [0.3, 0.4) is 0 Å². The molecule has 2 aromatic rings. The quantitative estimate of drug-likeness (QED) is 0.587. The molecule has 1 amide bonds. The molecule has 0 unspecified atom stereocenters. The highest BCUT2D eigenvalue weighted by Crippen LogP contribution is 2.15. The van der Waals surface area contributed by atoms with Gasteiger partial charge in [-0.2, -0.15) is 5.26 Å². The Morgan fingerprint density at radius 1 is 1.19 bits per heavy atom. The molecule has 2 aromatic carbocycles. The number of methoxy groups -OCH3 is 1. The van der Waals surface area contributed by atoms with Gasteiger partial charge in [-0.1, -0.05) is 30.3 Å². The third-order valence-electron chi connectivity index (χ3n) is 3.94. The summed E-state index contributed by atoms with van der Waals surface area (Å²) in [6.45, 7) is 3.09. The molecule has 5 nitrogen and oxygen atoms in total. The molecule has 26 heavy (non-hydrogen) atoms. The number of nitrogens with one attached hydrogen (secondary N) is 1. The molecule has 0 saturated heterocycles. The van der Waals surface area contributed by atoms with E-state index in [1.54, 1.807) is 13.3 Å². The zero-order valence-electron chi connectivity index (χ0n) is 15.1. The molecule has 5 heteroatoms. The van der Waals surface area contributed by atoms with E-state index in [1.807, 2.05) is 72.5 Å². The van der Waals surface area contributed by atoms with Crippen molar-refractivity contribution in [1.29, 1.82) is 5.26 Å². The number of rotatable bonds is 8. The van der Waals surface area contributed by atoms with Crippen LogP contribution in [0.15, 0.2) is 66.4 Å². The number of carbonyl (C=O) groups excluding carboxylic acids is 1. The molecule has 0 bridgehead atoms. The lowest BCUT2D eigenvalue weighted by Gasteiger charge is -2.18. The Balaban J connectivity index is 1.95. The zero-order valence-corrected chi connectivity index (χ0v) is 15.1. The van der Waals surface area contributed by atoms with Crippen LogP contribution in [0, 0.1) is 11.3 Å². The molecule has 1 N–H and O–H groups in total. The molecule has 0 heterocycles. The SMILES string of the molecule is CCN(/C=C(/C#N)C(=O)NCCc1ccc(OC)cc1)c1ccccc1. The Hall–Kier alpha value is -3.26. The largest absolute Gasteiger partial charge is 0.497 e. The average molecular weight is 349 g/mol. The maximum atomic E-state index is 12.3. The van der Waals surface area contributed by atoms with Crippen LogP contribution in [-0.4, -0.2) is 26.1 Å². The highest BCUT2D eigenvalue weighted by Gasteiger charge is 2.11. The molecule has 134 valence electrons. The van der Waals surface area contributed by atoms with E-state index in [9.17, 15) is 10.1 Å². The summed E-state index contributed by atoms with van der Waals surface area (Å²) in [4.78, 5) is 14.2. The van der Waals surface area contributed by atoms with Gasteiger partial charge in [0.15, 0.2) is 0 Å². The summed E-state index contributed by atoms with van der Waals surface area (Å²) in [6, 6.07) is 19.3. The van der Waals surface area contributed by atoms with Gasteiger partial charge in [0.05, 0.1) is 7.11 Å². The van der Waals surface area contributed by atoms with Gasteiger partial charge in [-0.05, 0) is 43.2 Å². The van der Waals surface area contributed by atoms with E-state index in [4.69, 9.17) is 4.74 Å². The van der Waals surface area contributed by atoms with Gasteiger partial charge in [-0.3, -0.25) is 4.79 Å². The Morgan fingerprint density at radius 3 is 2.46 bits per heavy atom. The Bertz CT molecular complexity index is 777. The number of benzene rings is 2. The first-order chi connectivity index (χ1) is 12.7. The van der Waals surface area contributed by atoms with Crippen molar-refractivity contribution in [3.05, 3.63) is 71.9 Å². The van der Waals surface area contributed by atoms with Crippen LogP contribution in [0.4, 0.5) is 5.69 Å². The lowest BCUT2D eigenvalue weighted by molar-refractivity contribution is -0.117. The third-order valence-corrected chi connectivity index (χ3v) is 3.94. The fraction of sp³-hybridized carbons (Fsp3) is 0.238. The molecule has 0 atom stereocenters. The molecule has 0 spiro atoms. The van der Waals surface area contributed by atoms with E-state index in [0.717, 1.165) is 17.0 Å². The zero-order chi connectivity index (χ0) is 18.8. The molecule has 0 fully saturated rings. The lowest BCUT2D eigenvalue weighted by Crippen LogP contribution is -2.28. The molecular weight excluding hydrogens is 326 g/mol. The summed E-state index contributed by atoms with van der Waals surface area (Å²) in [5.74, 6) is 0.434. The van der Waals surface area contributed by atoms with Crippen LogP contribution in [0.5, 0.6) is 5.75 Å². The van der Waals surface area contributed by atoms with Crippen LogP contribution >= 0.6 is 0 Å². The van der Waals surface area contributed by atoms with Gasteiger partial charge < -0.3 is 15.0 Å². The summed E-state index contributed by atoms with van der Waals surface area (Å²) in [6.07, 6.45) is 2.28. The Morgan fingerprint density at radius 2 is 1.88 bits per heavy atom. The van der Waals surface area contributed by atoms with Gasteiger partial charge in [0.1, 0.15) is 17.4 Å². The van der Waals surface area contributed by atoms with Gasteiger partial charge in [0.25, 0.3) is 5.91 Å². The summed E-state index contributed by atoms with van der Waals surface area (Å²) < 4.78 is 5.12. The minimum atomic E-state index is -0.365. The monoisotopic (exact) mass is 349 g/mol. The lowest BCUT2D eigenvalue weighted by atomic mass is 10.1. The predicted molar refractivity (Wildman–Crippen MR) is 103 cm³/mol. The fourth-order valence-electron chi connectivity index (χ4n) is 2.47. The number of nitriles is 1. The fourth-order valence-corrected chi connectivity index (χ4v) is 2.47. The number of ether oxygens (including phenoxy) is 1. The van der Waals surface area contributed by atoms with Crippen LogP contribution < -0.4 is 15.0 Å². The van der Waals surface area contributed by atoms with Crippen LogP contribution in [0.2, 0.25) is 0 Å². The minimum absolute atomic E-state index is 0.0884. The molecule has 2 rings (SSSR count). The maximum Gasteiger partial charge on any atom is 0.263 e. The molecule has 0 saturated carbocycles. The Labute approximate surface area is 154 Å². The van der Waals surface area contributed by atoms with Crippen molar-refractivity contribution in [2.75, 3.05) is 25.1 Å². The van der Waals surface area contributed by atoms with Crippen LogP contribution in [0.25, 0.3) is 0 Å². The summed E-state index contributed by atoms with van der Waals surface area (Å²) in [5.41, 5.74) is 2.12. The normalized spacial score (nSPS) is 10.7. The standard InChI is InChI=1S/C21H23N3O2/c1-3-24(19-7-5-4-6-8-19)16-18(15-22)21(25)23-14-13-17-9-11-20(26-2)12-10-17/h4-12,16H,3,13-14H2,1-2H3,(H,23,25)/b18-16-. The number of anilines is 1. The topological polar surface area (TPSA) is 65.4 Å². The number of para-hydroxylation sites is 1. The first-order valence-corrected chi connectivity index (χ1v) is 8.52. The van der Waals surface area contributed by atoms with Crippen molar-refractivity contribution in [3.8, 4) is 11.8 Å². The Kier molecular flexibility index (Phi) is 7.26. The highest BCUT2D eigenvalue weighted by atomic mass is 16.5. The van der Waals surface area contributed by atoms with E-state index < -0.39 is 0 Å². The van der Waals surface area contributed by atoms with Crippen LogP contribution in [0.1, 0.15) is 12.5 Å². The number of hydrogen-bond acceptors (Lipinski definition) is 4. The second-order valence-corrected chi connectivity index (χ2v) is 5.63. The van der Waals surface area contributed by atoms with Gasteiger partial charge in [0.2, 0.25) is 0 Å². The van der Waals surface area contributed by atoms with E-state index in [2.05, 4.69) is 5.32 Å². The first-order valence-electron chi connectivity index (χ1n) is 8.52. The van der Waals surface area contributed by atoms with Gasteiger partial charge >= 0.3 is 0 Å². The second-order valence-electron chi connectivity index (χ2n) is 5.63. The summed E-state index contributed by atoms with van der Waals surface area (Å²) in [7, 11) is 1.63. The second kappa shape index (κ2) is 9.90. The van der Waals surface area contributed by atoms with Crippen molar-refractivity contribution in [3.63, 3.8) is 0 Å². The summed E-state index contributed by atoms with van der Waals surface area (Å²) in [5, 5.41) is 12.1. The molecular formula is C21H23N3O2. The molecule has 0 radical (unpaired) electrons. The van der Waals surface area contributed by atoms with Crippen molar-refractivity contribution in [1.82, 2.24) is 5.32 Å². The van der Waals surface area contributed by atoms with Crippen molar-refractivity contribution >= 4 is 11.6 Å². The molecule has 0 aliphatic rings. The van der Waals surface area contributed by atoms with Crippen LogP contribution in [-0.2, 0) is 11.2 Å². The number of amides is 1.